The number of ether oxygens (including phenoxy) is 1. The van der Waals surface area contributed by atoms with Crippen LogP contribution in [-0.2, 0) is 0 Å². The van der Waals surface area contributed by atoms with Crippen molar-refractivity contribution >= 4 is 5.95 Å². The number of halogens is 3. The van der Waals surface area contributed by atoms with Crippen LogP contribution in [0.2, 0.25) is 0 Å². The first kappa shape index (κ1) is 17.7. The van der Waals surface area contributed by atoms with E-state index < -0.39 is 18.8 Å². The Morgan fingerprint density at radius 2 is 1.91 bits per heavy atom. The lowest BCUT2D eigenvalue weighted by Crippen LogP contribution is -2.51. The molecule has 9 heteroatoms. The van der Waals surface area contributed by atoms with E-state index in [2.05, 4.69) is 9.97 Å². The van der Waals surface area contributed by atoms with Gasteiger partial charge in [0.1, 0.15) is 0 Å². The second kappa shape index (κ2) is 7.31. The van der Waals surface area contributed by atoms with Gasteiger partial charge in [-0.2, -0.15) is 18.2 Å². The highest BCUT2D eigenvalue weighted by molar-refractivity contribution is 5.35. The summed E-state index contributed by atoms with van der Waals surface area (Å²) in [5.74, 6) is 1.01. The molecule has 2 heterocycles. The number of hydrogen-bond acceptors (Lipinski definition) is 6. The molecule has 130 valence electrons. The molecule has 0 radical (unpaired) electrons. The summed E-state index contributed by atoms with van der Waals surface area (Å²) < 4.78 is 42.5. The molecule has 1 aromatic heterocycles. The zero-order valence-electron chi connectivity index (χ0n) is 13.2. The van der Waals surface area contributed by atoms with Gasteiger partial charge in [-0.1, -0.05) is 0 Å². The Balaban J connectivity index is 1.94. The zero-order chi connectivity index (χ0) is 17.0. The number of aromatic nitrogens is 2. The van der Waals surface area contributed by atoms with E-state index >= 15 is 0 Å². The predicted octanol–water partition coefficient (Wildman–Crippen LogP) is 1.23. The normalized spacial score (nSPS) is 18.1. The van der Waals surface area contributed by atoms with Crippen LogP contribution in [0.4, 0.5) is 19.1 Å². The van der Waals surface area contributed by atoms with Gasteiger partial charge in [-0.3, -0.25) is 4.90 Å². The van der Waals surface area contributed by atoms with Gasteiger partial charge in [0.15, 0.2) is 6.10 Å². The highest BCUT2D eigenvalue weighted by Gasteiger charge is 2.39. The van der Waals surface area contributed by atoms with Crippen molar-refractivity contribution in [2.45, 2.75) is 26.1 Å². The molecule has 1 saturated heterocycles. The fraction of sp³-hybridized carbons (Fsp3) is 0.714. The van der Waals surface area contributed by atoms with E-state index in [0.717, 1.165) is 5.69 Å². The Bertz CT molecular complexity index is 519. The van der Waals surface area contributed by atoms with E-state index in [9.17, 15) is 13.2 Å². The maximum atomic E-state index is 12.4. The minimum Gasteiger partial charge on any atom is -0.478 e. The fourth-order valence-corrected chi connectivity index (χ4v) is 2.37. The van der Waals surface area contributed by atoms with Crippen molar-refractivity contribution < 1.29 is 23.0 Å². The molecule has 6 nitrogen and oxygen atoms in total. The Morgan fingerprint density at radius 3 is 2.48 bits per heavy atom. The van der Waals surface area contributed by atoms with Gasteiger partial charge in [0, 0.05) is 44.5 Å². The highest BCUT2D eigenvalue weighted by Crippen LogP contribution is 2.22. The predicted molar refractivity (Wildman–Crippen MR) is 78.7 cm³/mol. The number of hydrogen-bond donors (Lipinski definition) is 1. The summed E-state index contributed by atoms with van der Waals surface area (Å²) in [4.78, 5) is 12.2. The first-order valence-corrected chi connectivity index (χ1v) is 7.50. The SMILES string of the molecule is CCOc1cc(C)nc(N2CCN(CC(O)C(F)(F)F)CC2)n1. The smallest absolute Gasteiger partial charge is 0.415 e. The molecular formula is C14H21F3N4O2. The molecule has 0 bridgehead atoms. The number of aryl methyl sites for hydroxylation is 1. The molecule has 1 aliphatic rings. The van der Waals surface area contributed by atoms with Crippen LogP contribution < -0.4 is 9.64 Å². The van der Waals surface area contributed by atoms with Crippen molar-refractivity contribution in [1.82, 2.24) is 14.9 Å². The van der Waals surface area contributed by atoms with Crippen molar-refractivity contribution in [1.29, 1.82) is 0 Å². The number of aliphatic hydroxyl groups is 1. The zero-order valence-corrected chi connectivity index (χ0v) is 13.2. The van der Waals surface area contributed by atoms with E-state index in [1.807, 2.05) is 18.7 Å². The summed E-state index contributed by atoms with van der Waals surface area (Å²) in [5, 5.41) is 9.13. The summed E-state index contributed by atoms with van der Waals surface area (Å²) in [7, 11) is 0. The number of aliphatic hydroxyl groups excluding tert-OH is 1. The van der Waals surface area contributed by atoms with Crippen LogP contribution in [0, 0.1) is 6.92 Å². The fourth-order valence-electron chi connectivity index (χ4n) is 2.37. The maximum absolute atomic E-state index is 12.4. The number of anilines is 1. The van der Waals surface area contributed by atoms with Crippen molar-refractivity contribution in [3.63, 3.8) is 0 Å². The van der Waals surface area contributed by atoms with Gasteiger partial charge in [0.2, 0.25) is 11.8 Å². The van der Waals surface area contributed by atoms with Crippen LogP contribution in [0.5, 0.6) is 5.88 Å². The molecule has 0 saturated carbocycles. The van der Waals surface area contributed by atoms with Crippen LogP contribution in [0.25, 0.3) is 0 Å². The largest absolute Gasteiger partial charge is 0.478 e. The summed E-state index contributed by atoms with van der Waals surface area (Å²) in [5.41, 5.74) is 0.772. The topological polar surface area (TPSA) is 61.7 Å². The van der Waals surface area contributed by atoms with Gasteiger partial charge in [-0.15, -0.1) is 0 Å². The van der Waals surface area contributed by atoms with Gasteiger partial charge >= 0.3 is 6.18 Å². The van der Waals surface area contributed by atoms with Crippen molar-refractivity contribution in [2.75, 3.05) is 44.2 Å². The summed E-state index contributed by atoms with van der Waals surface area (Å²) in [6.45, 7) is 5.61. The quantitative estimate of drug-likeness (QED) is 0.874. The molecule has 0 amide bonds. The molecule has 1 unspecified atom stereocenters. The van der Waals surface area contributed by atoms with E-state index in [-0.39, 0.29) is 0 Å². The van der Waals surface area contributed by atoms with Crippen molar-refractivity contribution in [3.8, 4) is 5.88 Å². The second-order valence-electron chi connectivity index (χ2n) is 5.43. The average molecular weight is 334 g/mol. The van der Waals surface area contributed by atoms with Gasteiger partial charge < -0.3 is 14.7 Å². The molecule has 1 aliphatic heterocycles. The van der Waals surface area contributed by atoms with Gasteiger partial charge in [0.25, 0.3) is 0 Å². The van der Waals surface area contributed by atoms with E-state index in [1.54, 1.807) is 11.0 Å². The van der Waals surface area contributed by atoms with Crippen LogP contribution >= 0.6 is 0 Å². The van der Waals surface area contributed by atoms with Crippen LogP contribution in [0.15, 0.2) is 6.07 Å². The van der Waals surface area contributed by atoms with E-state index in [0.29, 0.717) is 44.6 Å². The lowest BCUT2D eigenvalue weighted by Gasteiger charge is -2.35. The molecule has 2 rings (SSSR count). The molecule has 23 heavy (non-hydrogen) atoms. The lowest BCUT2D eigenvalue weighted by atomic mass is 10.2. The molecular weight excluding hydrogens is 313 g/mol. The monoisotopic (exact) mass is 334 g/mol. The minimum atomic E-state index is -4.58. The standard InChI is InChI=1S/C14H21F3N4O2/c1-3-23-12-8-10(2)18-13(19-12)21-6-4-20(5-7-21)9-11(22)14(15,16)17/h8,11,22H,3-7,9H2,1-2H3. The van der Waals surface area contributed by atoms with Crippen molar-refractivity contribution in [3.05, 3.63) is 11.8 Å². The summed E-state index contributed by atoms with van der Waals surface area (Å²) in [6, 6.07) is 1.74. The molecule has 1 N–H and O–H groups in total. The maximum Gasteiger partial charge on any atom is 0.415 e. The Morgan fingerprint density at radius 1 is 1.26 bits per heavy atom. The molecule has 1 atom stereocenters. The van der Waals surface area contributed by atoms with Gasteiger partial charge in [-0.25, -0.2) is 4.98 Å². The average Bonchev–Trinajstić information content (AvgIpc) is 2.46. The third kappa shape index (κ3) is 4.93. The first-order chi connectivity index (χ1) is 10.8. The number of nitrogens with zero attached hydrogens (tertiary/aromatic N) is 4. The van der Waals surface area contributed by atoms with Crippen LogP contribution in [0.1, 0.15) is 12.6 Å². The van der Waals surface area contributed by atoms with E-state index in [4.69, 9.17) is 9.84 Å². The Labute approximate surface area is 132 Å². The first-order valence-electron chi connectivity index (χ1n) is 7.50. The summed E-state index contributed by atoms with van der Waals surface area (Å²) in [6.07, 6.45) is -6.89. The Kier molecular flexibility index (Phi) is 5.64. The second-order valence-corrected chi connectivity index (χ2v) is 5.43. The number of alkyl halides is 3. The Hall–Kier alpha value is -1.61. The summed E-state index contributed by atoms with van der Waals surface area (Å²) >= 11 is 0. The third-order valence-electron chi connectivity index (χ3n) is 3.58. The van der Waals surface area contributed by atoms with Crippen LogP contribution in [0.3, 0.4) is 0 Å². The van der Waals surface area contributed by atoms with Gasteiger partial charge in [-0.05, 0) is 13.8 Å². The number of piperazine rings is 1. The van der Waals surface area contributed by atoms with E-state index in [1.165, 1.54) is 0 Å². The minimum absolute atomic E-state index is 0.407. The van der Waals surface area contributed by atoms with Crippen molar-refractivity contribution in [2.24, 2.45) is 0 Å². The molecule has 0 aliphatic carbocycles. The highest BCUT2D eigenvalue weighted by atomic mass is 19.4. The lowest BCUT2D eigenvalue weighted by molar-refractivity contribution is -0.208. The molecule has 0 spiro atoms. The van der Waals surface area contributed by atoms with Crippen LogP contribution in [-0.4, -0.2) is 71.6 Å². The third-order valence-corrected chi connectivity index (χ3v) is 3.58. The number of β-amino-alcohol motifs (C(OH)–C–C–N with tert-alkyl or cyclic N) is 1. The molecule has 1 fully saturated rings. The van der Waals surface area contributed by atoms with Gasteiger partial charge in [0.05, 0.1) is 6.61 Å². The molecule has 0 aromatic carbocycles. The number of rotatable bonds is 5. The molecule has 1 aromatic rings.